The van der Waals surface area contributed by atoms with Crippen LogP contribution in [0.3, 0.4) is 0 Å². The van der Waals surface area contributed by atoms with Gasteiger partial charge in [0.15, 0.2) is 11.6 Å². The summed E-state index contributed by atoms with van der Waals surface area (Å²) in [6.45, 7) is 2.78. The Morgan fingerprint density at radius 3 is 2.90 bits per heavy atom. The summed E-state index contributed by atoms with van der Waals surface area (Å²) in [4.78, 5) is 11.3. The standard InChI is InChI=1S/C15H19F2NO3/c1-2-20-15(19)6-3-10-7-12(9-18-10)21-11-4-5-13(16)14(17)8-11/h4-5,8,10,12,18H,2-3,6-7,9H2,1H3/t10-,12-/m1/s1. The first-order valence-electron chi connectivity index (χ1n) is 7.09. The summed E-state index contributed by atoms with van der Waals surface area (Å²) in [6.07, 6.45) is 1.65. The molecule has 0 saturated carbocycles. The number of halogens is 2. The summed E-state index contributed by atoms with van der Waals surface area (Å²) in [5.41, 5.74) is 0. The average Bonchev–Trinajstić information content (AvgIpc) is 2.89. The minimum Gasteiger partial charge on any atom is -0.489 e. The van der Waals surface area contributed by atoms with Crippen molar-refractivity contribution in [2.75, 3.05) is 13.2 Å². The second-order valence-electron chi connectivity index (χ2n) is 5.00. The minimum absolute atomic E-state index is 0.109. The van der Waals surface area contributed by atoms with Gasteiger partial charge in [0.1, 0.15) is 11.9 Å². The van der Waals surface area contributed by atoms with E-state index in [9.17, 15) is 13.6 Å². The molecule has 1 saturated heterocycles. The molecule has 0 unspecified atom stereocenters. The van der Waals surface area contributed by atoms with Gasteiger partial charge in [0, 0.05) is 31.5 Å². The highest BCUT2D eigenvalue weighted by Gasteiger charge is 2.26. The molecule has 1 aliphatic heterocycles. The van der Waals surface area contributed by atoms with Crippen LogP contribution in [0.25, 0.3) is 0 Å². The molecular formula is C15H19F2NO3. The van der Waals surface area contributed by atoms with E-state index in [2.05, 4.69) is 5.32 Å². The van der Waals surface area contributed by atoms with Gasteiger partial charge in [-0.3, -0.25) is 4.79 Å². The Balaban J connectivity index is 1.77. The summed E-state index contributed by atoms with van der Waals surface area (Å²) in [5, 5.41) is 3.25. The third-order valence-corrected chi connectivity index (χ3v) is 3.38. The van der Waals surface area contributed by atoms with Crippen LogP contribution in [-0.4, -0.2) is 31.3 Å². The van der Waals surface area contributed by atoms with Gasteiger partial charge < -0.3 is 14.8 Å². The molecule has 0 aliphatic carbocycles. The number of rotatable bonds is 6. The van der Waals surface area contributed by atoms with Crippen molar-refractivity contribution >= 4 is 5.97 Å². The van der Waals surface area contributed by atoms with Gasteiger partial charge in [-0.2, -0.15) is 0 Å². The fourth-order valence-corrected chi connectivity index (χ4v) is 2.36. The van der Waals surface area contributed by atoms with Crippen molar-refractivity contribution in [3.8, 4) is 5.75 Å². The Morgan fingerprint density at radius 2 is 2.19 bits per heavy atom. The maximum Gasteiger partial charge on any atom is 0.305 e. The van der Waals surface area contributed by atoms with Crippen LogP contribution in [0.15, 0.2) is 18.2 Å². The molecule has 0 radical (unpaired) electrons. The first-order valence-corrected chi connectivity index (χ1v) is 7.09. The van der Waals surface area contributed by atoms with Crippen molar-refractivity contribution in [2.24, 2.45) is 0 Å². The molecule has 0 amide bonds. The zero-order valence-electron chi connectivity index (χ0n) is 11.9. The fourth-order valence-electron chi connectivity index (χ4n) is 2.36. The van der Waals surface area contributed by atoms with E-state index in [0.717, 1.165) is 18.6 Å². The van der Waals surface area contributed by atoms with E-state index in [1.165, 1.54) is 6.07 Å². The van der Waals surface area contributed by atoms with Crippen molar-refractivity contribution in [3.63, 3.8) is 0 Å². The van der Waals surface area contributed by atoms with Crippen LogP contribution in [-0.2, 0) is 9.53 Å². The molecule has 2 rings (SSSR count). The predicted octanol–water partition coefficient (Wildman–Crippen LogP) is 2.42. The van der Waals surface area contributed by atoms with E-state index in [1.54, 1.807) is 6.92 Å². The summed E-state index contributed by atoms with van der Waals surface area (Å²) < 4.78 is 36.4. The quantitative estimate of drug-likeness (QED) is 0.820. The van der Waals surface area contributed by atoms with Crippen molar-refractivity contribution < 1.29 is 23.0 Å². The number of hydrogen-bond acceptors (Lipinski definition) is 4. The molecule has 0 bridgehead atoms. The molecule has 6 heteroatoms. The highest BCUT2D eigenvalue weighted by Crippen LogP contribution is 2.21. The lowest BCUT2D eigenvalue weighted by Crippen LogP contribution is -2.23. The maximum absolute atomic E-state index is 13.1. The summed E-state index contributed by atoms with van der Waals surface area (Å²) in [5.74, 6) is -1.70. The molecule has 4 nitrogen and oxygen atoms in total. The summed E-state index contributed by atoms with van der Waals surface area (Å²) in [6, 6.07) is 3.67. The van der Waals surface area contributed by atoms with Crippen LogP contribution in [0.1, 0.15) is 26.2 Å². The van der Waals surface area contributed by atoms with Gasteiger partial charge in [-0.25, -0.2) is 8.78 Å². The Bertz CT molecular complexity index is 496. The van der Waals surface area contributed by atoms with Crippen LogP contribution >= 0.6 is 0 Å². The molecule has 1 aromatic carbocycles. The van der Waals surface area contributed by atoms with Gasteiger partial charge in [0.2, 0.25) is 0 Å². The first kappa shape index (κ1) is 15.7. The average molecular weight is 299 g/mol. The second-order valence-corrected chi connectivity index (χ2v) is 5.00. The number of esters is 1. The lowest BCUT2D eigenvalue weighted by Gasteiger charge is -2.13. The molecule has 1 heterocycles. The lowest BCUT2D eigenvalue weighted by molar-refractivity contribution is -0.143. The third kappa shape index (κ3) is 4.67. The zero-order valence-corrected chi connectivity index (χ0v) is 11.9. The second kappa shape index (κ2) is 7.36. The predicted molar refractivity (Wildman–Crippen MR) is 73.0 cm³/mol. The number of nitrogens with one attached hydrogen (secondary N) is 1. The van der Waals surface area contributed by atoms with Crippen LogP contribution in [0.5, 0.6) is 5.75 Å². The van der Waals surface area contributed by atoms with E-state index in [1.807, 2.05) is 0 Å². The van der Waals surface area contributed by atoms with E-state index in [0.29, 0.717) is 31.7 Å². The Kier molecular flexibility index (Phi) is 5.50. The van der Waals surface area contributed by atoms with Crippen molar-refractivity contribution in [3.05, 3.63) is 29.8 Å². The van der Waals surface area contributed by atoms with Crippen molar-refractivity contribution in [2.45, 2.75) is 38.3 Å². The van der Waals surface area contributed by atoms with Gasteiger partial charge in [-0.15, -0.1) is 0 Å². The molecule has 2 atom stereocenters. The number of ether oxygens (including phenoxy) is 2. The van der Waals surface area contributed by atoms with Crippen LogP contribution in [0, 0.1) is 11.6 Å². The van der Waals surface area contributed by atoms with Crippen LogP contribution in [0.4, 0.5) is 8.78 Å². The molecule has 1 aliphatic rings. The Morgan fingerprint density at radius 1 is 1.38 bits per heavy atom. The third-order valence-electron chi connectivity index (χ3n) is 3.38. The minimum atomic E-state index is -0.919. The Labute approximate surface area is 122 Å². The number of carbonyl (C=O) groups excluding carboxylic acids is 1. The number of hydrogen-bond donors (Lipinski definition) is 1. The molecule has 1 N–H and O–H groups in total. The van der Waals surface area contributed by atoms with Gasteiger partial charge in [0.05, 0.1) is 6.61 Å². The fraction of sp³-hybridized carbons (Fsp3) is 0.533. The van der Waals surface area contributed by atoms with Crippen LogP contribution in [0.2, 0.25) is 0 Å². The zero-order chi connectivity index (χ0) is 15.2. The van der Waals surface area contributed by atoms with E-state index >= 15 is 0 Å². The molecule has 0 spiro atoms. The van der Waals surface area contributed by atoms with Crippen LogP contribution < -0.4 is 10.1 Å². The van der Waals surface area contributed by atoms with E-state index in [4.69, 9.17) is 9.47 Å². The Hall–Kier alpha value is -1.69. The maximum atomic E-state index is 13.1. The lowest BCUT2D eigenvalue weighted by atomic mass is 10.1. The van der Waals surface area contributed by atoms with Crippen molar-refractivity contribution in [1.29, 1.82) is 0 Å². The van der Waals surface area contributed by atoms with Gasteiger partial charge in [-0.05, 0) is 25.5 Å². The van der Waals surface area contributed by atoms with E-state index < -0.39 is 11.6 Å². The molecule has 21 heavy (non-hydrogen) atoms. The molecular weight excluding hydrogens is 280 g/mol. The monoisotopic (exact) mass is 299 g/mol. The highest BCUT2D eigenvalue weighted by atomic mass is 19.2. The topological polar surface area (TPSA) is 47.6 Å². The largest absolute Gasteiger partial charge is 0.489 e. The molecule has 116 valence electrons. The summed E-state index contributed by atoms with van der Waals surface area (Å²) >= 11 is 0. The van der Waals surface area contributed by atoms with E-state index in [-0.39, 0.29) is 18.1 Å². The molecule has 1 aromatic rings. The van der Waals surface area contributed by atoms with Gasteiger partial charge in [0.25, 0.3) is 0 Å². The molecule has 1 fully saturated rings. The normalized spacial score (nSPS) is 21.3. The smallest absolute Gasteiger partial charge is 0.305 e. The van der Waals surface area contributed by atoms with Gasteiger partial charge in [-0.1, -0.05) is 0 Å². The molecule has 0 aromatic heterocycles. The van der Waals surface area contributed by atoms with Gasteiger partial charge >= 0.3 is 5.97 Å². The number of benzene rings is 1. The number of carbonyl (C=O) groups is 1. The van der Waals surface area contributed by atoms with Crippen molar-refractivity contribution in [1.82, 2.24) is 5.32 Å². The first-order chi connectivity index (χ1) is 10.1. The SMILES string of the molecule is CCOC(=O)CC[C@@H]1C[C@@H](Oc2ccc(F)c(F)c2)CN1. The summed E-state index contributed by atoms with van der Waals surface area (Å²) in [7, 11) is 0. The highest BCUT2D eigenvalue weighted by molar-refractivity contribution is 5.69.